The van der Waals surface area contributed by atoms with Crippen LogP contribution in [0, 0.1) is 0 Å². The third-order valence-corrected chi connectivity index (χ3v) is 5.54. The Labute approximate surface area is 139 Å². The van der Waals surface area contributed by atoms with E-state index in [2.05, 4.69) is 21.3 Å². The molecule has 3 atom stereocenters. The molecule has 9 heteroatoms. The van der Waals surface area contributed by atoms with Crippen LogP contribution in [-0.4, -0.2) is 59.3 Å². The lowest BCUT2D eigenvalue weighted by atomic mass is 10.0. The Bertz CT molecular complexity index is 448. The van der Waals surface area contributed by atoms with Crippen LogP contribution in [0.1, 0.15) is 32.1 Å². The molecule has 0 aliphatic carbocycles. The van der Waals surface area contributed by atoms with Crippen molar-refractivity contribution in [3.63, 3.8) is 0 Å². The van der Waals surface area contributed by atoms with Crippen LogP contribution >= 0.6 is 11.8 Å². The number of amides is 4. The minimum atomic E-state index is -1.04. The molecule has 23 heavy (non-hydrogen) atoms. The molecule has 8 nitrogen and oxygen atoms in total. The number of carbonyl (C=O) groups is 3. The summed E-state index contributed by atoms with van der Waals surface area (Å²) < 4.78 is 0. The zero-order chi connectivity index (χ0) is 16.7. The largest absolute Gasteiger partial charge is 0.465 e. The summed E-state index contributed by atoms with van der Waals surface area (Å²) in [6.45, 7) is 0.829. The van der Waals surface area contributed by atoms with Crippen LogP contribution in [0.2, 0.25) is 0 Å². The summed E-state index contributed by atoms with van der Waals surface area (Å²) in [6.07, 6.45) is 2.83. The number of fused-ring (bicyclic) bond motifs is 1. The monoisotopic (exact) mass is 344 g/mol. The van der Waals surface area contributed by atoms with E-state index in [0.717, 1.165) is 25.0 Å². The number of nitrogens with one attached hydrogen (secondary N) is 4. The molecule has 4 amide bonds. The van der Waals surface area contributed by atoms with Crippen molar-refractivity contribution in [1.29, 1.82) is 0 Å². The molecule has 0 aromatic rings. The Morgan fingerprint density at radius 1 is 1.17 bits per heavy atom. The Morgan fingerprint density at radius 2 is 1.96 bits per heavy atom. The zero-order valence-corrected chi connectivity index (χ0v) is 13.8. The minimum Gasteiger partial charge on any atom is -0.465 e. The number of hydrogen-bond donors (Lipinski definition) is 5. The van der Waals surface area contributed by atoms with Gasteiger partial charge in [-0.25, -0.2) is 9.59 Å². The molecule has 2 heterocycles. The van der Waals surface area contributed by atoms with Gasteiger partial charge in [0.2, 0.25) is 5.91 Å². The van der Waals surface area contributed by atoms with Gasteiger partial charge in [0.1, 0.15) is 0 Å². The topological polar surface area (TPSA) is 120 Å². The summed E-state index contributed by atoms with van der Waals surface area (Å²) in [5.74, 6) is 0.965. The highest BCUT2D eigenvalue weighted by Gasteiger charge is 2.42. The van der Waals surface area contributed by atoms with Gasteiger partial charge in [-0.15, -0.1) is 0 Å². The third kappa shape index (κ3) is 5.81. The van der Waals surface area contributed by atoms with E-state index in [0.29, 0.717) is 31.2 Å². The highest BCUT2D eigenvalue weighted by atomic mass is 32.2. The molecule has 2 saturated heterocycles. The second-order valence-electron chi connectivity index (χ2n) is 5.80. The number of hydrogen-bond acceptors (Lipinski definition) is 4. The Kier molecular flexibility index (Phi) is 6.82. The van der Waals surface area contributed by atoms with Gasteiger partial charge in [-0.3, -0.25) is 4.79 Å². The zero-order valence-electron chi connectivity index (χ0n) is 13.0. The second kappa shape index (κ2) is 8.85. The van der Waals surface area contributed by atoms with Crippen LogP contribution < -0.4 is 21.3 Å². The predicted molar refractivity (Wildman–Crippen MR) is 87.6 cm³/mol. The molecule has 2 aliphatic rings. The maximum atomic E-state index is 11.6. The average molecular weight is 344 g/mol. The normalized spacial score (nSPS) is 25.4. The molecular formula is C14H24N4O4S. The molecule has 0 radical (unpaired) electrons. The Hall–Kier alpha value is -1.64. The molecule has 0 aromatic heterocycles. The first-order chi connectivity index (χ1) is 11.1. The van der Waals surface area contributed by atoms with Gasteiger partial charge >= 0.3 is 12.1 Å². The van der Waals surface area contributed by atoms with Crippen molar-refractivity contribution in [2.24, 2.45) is 0 Å². The molecule has 0 spiro atoms. The molecule has 0 unspecified atom stereocenters. The predicted octanol–water partition coefficient (Wildman–Crippen LogP) is 0.486. The lowest BCUT2D eigenvalue weighted by Crippen LogP contribution is -2.36. The fourth-order valence-electron chi connectivity index (χ4n) is 2.87. The highest BCUT2D eigenvalue weighted by molar-refractivity contribution is 8.00. The van der Waals surface area contributed by atoms with Crippen molar-refractivity contribution in [2.75, 3.05) is 18.8 Å². The molecule has 0 bridgehead atoms. The van der Waals surface area contributed by atoms with Crippen molar-refractivity contribution in [3.05, 3.63) is 0 Å². The van der Waals surface area contributed by atoms with Gasteiger partial charge in [-0.1, -0.05) is 6.42 Å². The molecule has 0 aromatic carbocycles. The fourth-order valence-corrected chi connectivity index (χ4v) is 4.42. The van der Waals surface area contributed by atoms with Crippen LogP contribution in [0.25, 0.3) is 0 Å². The molecule has 0 saturated carbocycles. The highest BCUT2D eigenvalue weighted by Crippen LogP contribution is 2.33. The van der Waals surface area contributed by atoms with E-state index in [4.69, 9.17) is 5.11 Å². The Morgan fingerprint density at radius 3 is 2.74 bits per heavy atom. The fraction of sp³-hybridized carbons (Fsp3) is 0.786. The van der Waals surface area contributed by atoms with Crippen LogP contribution in [-0.2, 0) is 4.79 Å². The number of rotatable bonds is 9. The number of unbranched alkanes of at least 4 members (excludes halogenated alkanes) is 1. The van der Waals surface area contributed by atoms with E-state index in [1.54, 1.807) is 0 Å². The van der Waals surface area contributed by atoms with Crippen molar-refractivity contribution >= 4 is 29.8 Å². The molecule has 130 valence electrons. The van der Waals surface area contributed by atoms with E-state index in [1.165, 1.54) is 0 Å². The summed E-state index contributed by atoms with van der Waals surface area (Å²) in [5.41, 5.74) is 0. The maximum absolute atomic E-state index is 11.6. The minimum absolute atomic E-state index is 0.00751. The van der Waals surface area contributed by atoms with E-state index in [1.807, 2.05) is 11.8 Å². The van der Waals surface area contributed by atoms with E-state index in [9.17, 15) is 14.4 Å². The number of thioether (sulfide) groups is 1. The maximum Gasteiger partial charge on any atom is 0.404 e. The first-order valence-electron chi connectivity index (χ1n) is 7.98. The van der Waals surface area contributed by atoms with Gasteiger partial charge in [-0.05, 0) is 19.3 Å². The molecule has 2 rings (SSSR count). The van der Waals surface area contributed by atoms with Crippen molar-refractivity contribution < 1.29 is 19.5 Å². The lowest BCUT2D eigenvalue weighted by Gasteiger charge is -2.16. The molecule has 2 aliphatic heterocycles. The average Bonchev–Trinajstić information content (AvgIpc) is 3.02. The van der Waals surface area contributed by atoms with Crippen LogP contribution in [0.15, 0.2) is 0 Å². The first-order valence-corrected chi connectivity index (χ1v) is 9.03. The summed E-state index contributed by atoms with van der Waals surface area (Å²) in [4.78, 5) is 33.2. The summed E-state index contributed by atoms with van der Waals surface area (Å²) in [7, 11) is 0. The van der Waals surface area contributed by atoms with Crippen LogP contribution in [0.5, 0.6) is 0 Å². The van der Waals surface area contributed by atoms with E-state index in [-0.39, 0.29) is 24.0 Å². The second-order valence-corrected chi connectivity index (χ2v) is 7.08. The number of carboxylic acid groups (broad SMARTS) is 1. The SMILES string of the molecule is O=C(O)NCCCNC(=O)CCCC[C@@H]1SC[C@@H]2NC(=O)N[C@@H]21. The summed E-state index contributed by atoms with van der Waals surface area (Å²) >= 11 is 1.88. The standard InChI is InChI=1S/C14H24N4O4S/c19-11(15-6-3-7-16-14(21)22)5-2-1-4-10-12-9(8-23-10)17-13(20)18-12/h9-10,12,16H,1-8H2,(H,15,19)(H,21,22)(H2,17,18,20)/t9-,10-,12-/m0/s1. The third-order valence-electron chi connectivity index (χ3n) is 4.03. The summed E-state index contributed by atoms with van der Waals surface area (Å²) in [5, 5.41) is 19.8. The molecule has 2 fully saturated rings. The van der Waals surface area contributed by atoms with Crippen LogP contribution in [0.3, 0.4) is 0 Å². The quantitative estimate of drug-likeness (QED) is 0.308. The molecular weight excluding hydrogens is 320 g/mol. The van der Waals surface area contributed by atoms with E-state index >= 15 is 0 Å². The van der Waals surface area contributed by atoms with Gasteiger partial charge in [0.15, 0.2) is 0 Å². The van der Waals surface area contributed by atoms with Crippen molar-refractivity contribution in [3.8, 4) is 0 Å². The van der Waals surface area contributed by atoms with E-state index < -0.39 is 6.09 Å². The number of urea groups is 1. The van der Waals surface area contributed by atoms with Gasteiger partial charge in [0, 0.05) is 30.5 Å². The van der Waals surface area contributed by atoms with Gasteiger partial charge in [-0.2, -0.15) is 11.8 Å². The first kappa shape index (κ1) is 17.7. The van der Waals surface area contributed by atoms with Gasteiger partial charge in [0.05, 0.1) is 12.1 Å². The Balaban J connectivity index is 1.48. The lowest BCUT2D eigenvalue weighted by molar-refractivity contribution is -0.121. The van der Waals surface area contributed by atoms with Gasteiger partial charge in [0.25, 0.3) is 0 Å². The molecule has 5 N–H and O–H groups in total. The van der Waals surface area contributed by atoms with Crippen LogP contribution in [0.4, 0.5) is 9.59 Å². The summed E-state index contributed by atoms with van der Waals surface area (Å²) in [6, 6.07) is 0.408. The van der Waals surface area contributed by atoms with Crippen molar-refractivity contribution in [1.82, 2.24) is 21.3 Å². The van der Waals surface area contributed by atoms with Crippen molar-refractivity contribution in [2.45, 2.75) is 49.4 Å². The number of carbonyl (C=O) groups excluding carboxylic acids is 2. The smallest absolute Gasteiger partial charge is 0.404 e. The van der Waals surface area contributed by atoms with Gasteiger partial charge < -0.3 is 26.4 Å².